The lowest BCUT2D eigenvalue weighted by molar-refractivity contribution is 1.21. The fourth-order valence-corrected chi connectivity index (χ4v) is 2.50. The van der Waals surface area contributed by atoms with E-state index in [1.165, 1.54) is 16.7 Å². The maximum absolute atomic E-state index is 2.29. The molecule has 1 heteroatoms. The molecule has 0 bridgehead atoms. The van der Waals surface area contributed by atoms with Crippen LogP contribution in [-0.2, 0) is 0 Å². The summed E-state index contributed by atoms with van der Waals surface area (Å²) in [5.41, 5.74) is 4.47. The molecule has 52 valence electrons. The topological polar surface area (TPSA) is 0 Å². The highest BCUT2D eigenvalue weighted by Crippen LogP contribution is 2.40. The highest BCUT2D eigenvalue weighted by atomic mass is 32.2. The van der Waals surface area contributed by atoms with Crippen LogP contribution >= 0.6 is 11.8 Å². The van der Waals surface area contributed by atoms with Gasteiger partial charge in [0.05, 0.1) is 5.25 Å². The molecule has 1 heterocycles. The molecule has 0 unspecified atom stereocenters. The van der Waals surface area contributed by atoms with Crippen LogP contribution in [0.2, 0.25) is 0 Å². The summed E-state index contributed by atoms with van der Waals surface area (Å²) in [5.74, 6) is 0. The van der Waals surface area contributed by atoms with Crippen LogP contribution in [0.1, 0.15) is 13.8 Å². The molecule has 0 aromatic heterocycles. The third-order valence-electron chi connectivity index (χ3n) is 2.18. The predicted molar refractivity (Wildman–Crippen MR) is 47.0 cm³/mol. The van der Waals surface area contributed by atoms with Gasteiger partial charge in [-0.1, -0.05) is 23.3 Å². The molecule has 1 atom stereocenters. The van der Waals surface area contributed by atoms with Gasteiger partial charge < -0.3 is 0 Å². The molecule has 0 aromatic rings. The lowest BCUT2D eigenvalue weighted by atomic mass is 10.1. The van der Waals surface area contributed by atoms with E-state index < -0.39 is 0 Å². The van der Waals surface area contributed by atoms with Gasteiger partial charge in [0.1, 0.15) is 0 Å². The average Bonchev–Trinajstić information content (AvgIpc) is 2.41. The quantitative estimate of drug-likeness (QED) is 0.511. The Balaban J connectivity index is 2.41. The molecule has 1 aliphatic heterocycles. The van der Waals surface area contributed by atoms with Crippen molar-refractivity contribution in [1.82, 2.24) is 0 Å². The van der Waals surface area contributed by atoms with E-state index in [2.05, 4.69) is 31.4 Å². The first-order chi connectivity index (χ1) is 4.79. The number of thioether (sulfide) groups is 1. The zero-order valence-corrected chi connectivity index (χ0v) is 7.03. The van der Waals surface area contributed by atoms with Crippen molar-refractivity contribution in [1.29, 1.82) is 0 Å². The monoisotopic (exact) mass is 150 g/mol. The zero-order valence-electron chi connectivity index (χ0n) is 6.22. The second kappa shape index (κ2) is 2.03. The van der Waals surface area contributed by atoms with Gasteiger partial charge in [-0.15, -0.1) is 11.8 Å². The summed E-state index contributed by atoms with van der Waals surface area (Å²) in [6.07, 6.45) is 4.51. The van der Waals surface area contributed by atoms with Gasteiger partial charge in [-0.3, -0.25) is 0 Å². The molecular formula is C9H10S. The van der Waals surface area contributed by atoms with Gasteiger partial charge in [0.15, 0.2) is 0 Å². The molecule has 2 rings (SSSR count). The fourth-order valence-electron chi connectivity index (χ4n) is 1.41. The molecule has 0 nitrogen and oxygen atoms in total. The Morgan fingerprint density at radius 1 is 1.40 bits per heavy atom. The SMILES string of the molecule is CC1=C(C)[C@H]2SC=CC2=C1. The van der Waals surface area contributed by atoms with Crippen molar-refractivity contribution in [2.45, 2.75) is 19.1 Å². The number of hydrogen-bond acceptors (Lipinski definition) is 1. The van der Waals surface area contributed by atoms with Gasteiger partial charge in [-0.05, 0) is 24.8 Å². The first-order valence-electron chi connectivity index (χ1n) is 3.50. The summed E-state index contributed by atoms with van der Waals surface area (Å²) in [4.78, 5) is 0. The van der Waals surface area contributed by atoms with Crippen LogP contribution in [0.3, 0.4) is 0 Å². The molecule has 0 fully saturated rings. The van der Waals surface area contributed by atoms with E-state index in [0.717, 1.165) is 0 Å². The summed E-state index contributed by atoms with van der Waals surface area (Å²) in [6, 6.07) is 0. The van der Waals surface area contributed by atoms with Crippen LogP contribution in [-0.4, -0.2) is 5.25 Å². The molecule has 0 saturated carbocycles. The van der Waals surface area contributed by atoms with Gasteiger partial charge in [0.25, 0.3) is 0 Å². The average molecular weight is 150 g/mol. The minimum Gasteiger partial charge on any atom is -0.121 e. The number of hydrogen-bond donors (Lipinski definition) is 0. The van der Waals surface area contributed by atoms with Crippen LogP contribution in [0.4, 0.5) is 0 Å². The van der Waals surface area contributed by atoms with E-state index in [0.29, 0.717) is 5.25 Å². The standard InChI is InChI=1S/C9H10S/c1-6-5-8-3-4-10-9(8)7(6)2/h3-5,9H,1-2H3/t9-/m1/s1. The Labute approximate surface area is 65.7 Å². The maximum Gasteiger partial charge on any atom is 0.0551 e. The Bertz CT molecular complexity index is 256. The lowest BCUT2D eigenvalue weighted by Gasteiger charge is -2.05. The van der Waals surface area contributed by atoms with Crippen molar-refractivity contribution in [3.05, 3.63) is 34.3 Å². The second-order valence-corrected chi connectivity index (χ2v) is 3.84. The molecule has 0 aromatic carbocycles. The first kappa shape index (κ1) is 6.29. The molecule has 10 heavy (non-hydrogen) atoms. The molecule has 0 saturated heterocycles. The molecule has 0 radical (unpaired) electrons. The van der Waals surface area contributed by atoms with Gasteiger partial charge in [-0.25, -0.2) is 0 Å². The predicted octanol–water partition coefficient (Wildman–Crippen LogP) is 2.89. The highest BCUT2D eigenvalue weighted by Gasteiger charge is 2.24. The third-order valence-corrected chi connectivity index (χ3v) is 3.37. The Morgan fingerprint density at radius 3 is 2.90 bits per heavy atom. The van der Waals surface area contributed by atoms with Crippen molar-refractivity contribution < 1.29 is 0 Å². The van der Waals surface area contributed by atoms with Crippen LogP contribution in [0.5, 0.6) is 0 Å². The summed E-state index contributed by atoms with van der Waals surface area (Å²) in [5, 5.41) is 2.85. The van der Waals surface area contributed by atoms with Crippen LogP contribution < -0.4 is 0 Å². The molecule has 0 spiro atoms. The van der Waals surface area contributed by atoms with Gasteiger partial charge >= 0.3 is 0 Å². The molecule has 0 amide bonds. The Hall–Kier alpha value is -0.430. The van der Waals surface area contributed by atoms with Crippen molar-refractivity contribution >= 4 is 11.8 Å². The maximum atomic E-state index is 2.29. The van der Waals surface area contributed by atoms with E-state index in [1.54, 1.807) is 0 Å². The minimum atomic E-state index is 0.667. The van der Waals surface area contributed by atoms with E-state index in [1.807, 2.05) is 11.8 Å². The molecule has 0 N–H and O–H groups in total. The number of rotatable bonds is 0. The van der Waals surface area contributed by atoms with E-state index >= 15 is 0 Å². The van der Waals surface area contributed by atoms with E-state index in [9.17, 15) is 0 Å². The minimum absolute atomic E-state index is 0.667. The van der Waals surface area contributed by atoms with Gasteiger partial charge in [-0.2, -0.15) is 0 Å². The van der Waals surface area contributed by atoms with Crippen molar-refractivity contribution in [2.24, 2.45) is 0 Å². The number of fused-ring (bicyclic) bond motifs is 1. The van der Waals surface area contributed by atoms with E-state index in [4.69, 9.17) is 0 Å². The first-order valence-corrected chi connectivity index (χ1v) is 4.44. The largest absolute Gasteiger partial charge is 0.121 e. The molecule has 1 aliphatic carbocycles. The normalized spacial score (nSPS) is 29.4. The van der Waals surface area contributed by atoms with E-state index in [-0.39, 0.29) is 0 Å². The third kappa shape index (κ3) is 0.702. The summed E-state index contributed by atoms with van der Waals surface area (Å²) >= 11 is 1.92. The van der Waals surface area contributed by atoms with Crippen molar-refractivity contribution in [3.63, 3.8) is 0 Å². The van der Waals surface area contributed by atoms with Crippen molar-refractivity contribution in [2.75, 3.05) is 0 Å². The molecular weight excluding hydrogens is 140 g/mol. The smallest absolute Gasteiger partial charge is 0.0551 e. The Kier molecular flexibility index (Phi) is 1.27. The zero-order chi connectivity index (χ0) is 7.14. The molecule has 2 aliphatic rings. The second-order valence-electron chi connectivity index (χ2n) is 2.83. The summed E-state index contributed by atoms with van der Waals surface area (Å²) in [7, 11) is 0. The van der Waals surface area contributed by atoms with Crippen LogP contribution in [0.25, 0.3) is 0 Å². The fraction of sp³-hybridized carbons (Fsp3) is 0.333. The Morgan fingerprint density at radius 2 is 2.20 bits per heavy atom. The van der Waals surface area contributed by atoms with Crippen molar-refractivity contribution in [3.8, 4) is 0 Å². The lowest BCUT2D eigenvalue weighted by Crippen LogP contribution is -1.97. The van der Waals surface area contributed by atoms with Gasteiger partial charge in [0, 0.05) is 0 Å². The van der Waals surface area contributed by atoms with Gasteiger partial charge in [0.2, 0.25) is 0 Å². The summed E-state index contributed by atoms with van der Waals surface area (Å²) < 4.78 is 0. The highest BCUT2D eigenvalue weighted by molar-refractivity contribution is 8.03. The van der Waals surface area contributed by atoms with Crippen LogP contribution in [0.15, 0.2) is 34.3 Å². The number of allylic oxidation sites excluding steroid dienone is 3. The summed E-state index contributed by atoms with van der Waals surface area (Å²) in [6.45, 7) is 4.42. The van der Waals surface area contributed by atoms with Crippen LogP contribution in [0, 0.1) is 0 Å².